The quantitative estimate of drug-likeness (QED) is 0.655. The number of nitrogens with one attached hydrogen (secondary N) is 1. The summed E-state index contributed by atoms with van der Waals surface area (Å²) in [6, 6.07) is 6.28. The molecule has 3 rings (SSSR count). The van der Waals surface area contributed by atoms with Crippen molar-refractivity contribution in [2.75, 3.05) is 10.2 Å². The van der Waals surface area contributed by atoms with E-state index in [2.05, 4.69) is 10.3 Å². The SMILES string of the molecule is C[C@@H]1Cc2nc(NC(=O)CC(C)(C)C)c(F)cc2N1Cc1ccc(C(F)(F)F)cc1. The number of hydrogen-bond donors (Lipinski definition) is 1. The summed E-state index contributed by atoms with van der Waals surface area (Å²) in [6.07, 6.45) is -3.59. The number of carbonyl (C=O) groups is 1. The van der Waals surface area contributed by atoms with E-state index >= 15 is 0 Å². The number of hydrogen-bond acceptors (Lipinski definition) is 3. The number of aromatic nitrogens is 1. The fourth-order valence-corrected chi connectivity index (χ4v) is 3.53. The highest BCUT2D eigenvalue weighted by Gasteiger charge is 2.32. The predicted molar refractivity (Wildman–Crippen MR) is 108 cm³/mol. The molecule has 1 N–H and O–H groups in total. The lowest BCUT2D eigenvalue weighted by molar-refractivity contribution is -0.137. The van der Waals surface area contributed by atoms with E-state index < -0.39 is 17.6 Å². The number of pyridine rings is 1. The van der Waals surface area contributed by atoms with Gasteiger partial charge >= 0.3 is 6.18 Å². The van der Waals surface area contributed by atoms with Crippen molar-refractivity contribution in [3.63, 3.8) is 0 Å². The predicted octanol–water partition coefficient (Wildman–Crippen LogP) is 5.57. The maximum Gasteiger partial charge on any atom is 0.416 e. The third kappa shape index (κ3) is 5.09. The van der Waals surface area contributed by atoms with Crippen LogP contribution in [0.15, 0.2) is 30.3 Å². The Morgan fingerprint density at radius 2 is 1.83 bits per heavy atom. The summed E-state index contributed by atoms with van der Waals surface area (Å²) >= 11 is 0. The van der Waals surface area contributed by atoms with Crippen molar-refractivity contribution in [2.24, 2.45) is 5.41 Å². The van der Waals surface area contributed by atoms with Crippen LogP contribution in [0.3, 0.4) is 0 Å². The van der Waals surface area contributed by atoms with Gasteiger partial charge in [-0.2, -0.15) is 13.2 Å². The lowest BCUT2D eigenvalue weighted by Crippen LogP contribution is -2.28. The number of nitrogens with zero attached hydrogens (tertiary/aromatic N) is 2. The minimum absolute atomic E-state index is 0.00489. The van der Waals surface area contributed by atoms with Crippen LogP contribution in [0.2, 0.25) is 0 Å². The monoisotopic (exact) mass is 423 g/mol. The Morgan fingerprint density at radius 1 is 1.20 bits per heavy atom. The first-order valence-electron chi connectivity index (χ1n) is 9.75. The van der Waals surface area contributed by atoms with E-state index in [1.165, 1.54) is 18.2 Å². The molecule has 4 nitrogen and oxygen atoms in total. The van der Waals surface area contributed by atoms with Crippen LogP contribution in [0.4, 0.5) is 29.1 Å². The van der Waals surface area contributed by atoms with Crippen molar-refractivity contribution in [3.8, 4) is 0 Å². The topological polar surface area (TPSA) is 45.2 Å². The van der Waals surface area contributed by atoms with Crippen LogP contribution in [0.25, 0.3) is 0 Å². The van der Waals surface area contributed by atoms with Crippen molar-refractivity contribution < 1.29 is 22.4 Å². The fourth-order valence-electron chi connectivity index (χ4n) is 3.53. The molecule has 0 fully saturated rings. The second-order valence-electron chi connectivity index (χ2n) is 8.95. The van der Waals surface area contributed by atoms with Crippen LogP contribution in [-0.2, 0) is 23.9 Å². The summed E-state index contributed by atoms with van der Waals surface area (Å²) in [4.78, 5) is 18.4. The van der Waals surface area contributed by atoms with Crippen molar-refractivity contribution in [1.29, 1.82) is 0 Å². The Morgan fingerprint density at radius 3 is 2.40 bits per heavy atom. The Bertz CT molecular complexity index is 933. The maximum absolute atomic E-state index is 14.6. The molecule has 1 amide bonds. The van der Waals surface area contributed by atoms with Gasteiger partial charge in [0.1, 0.15) is 0 Å². The molecule has 1 aliphatic heterocycles. The summed E-state index contributed by atoms with van der Waals surface area (Å²) in [6.45, 7) is 8.03. The highest BCUT2D eigenvalue weighted by atomic mass is 19.4. The average molecular weight is 423 g/mol. The molecule has 0 saturated carbocycles. The summed E-state index contributed by atoms with van der Waals surface area (Å²) in [5.41, 5.74) is 0.996. The van der Waals surface area contributed by atoms with Gasteiger partial charge in [-0.15, -0.1) is 0 Å². The molecule has 162 valence electrons. The molecular formula is C22H25F4N3O. The molecule has 0 aliphatic carbocycles. The van der Waals surface area contributed by atoms with Crippen molar-refractivity contribution in [3.05, 3.63) is 53.0 Å². The molecule has 1 aromatic carbocycles. The zero-order chi connectivity index (χ0) is 22.3. The second kappa shape index (κ2) is 7.89. The first-order valence-corrected chi connectivity index (χ1v) is 9.75. The number of benzene rings is 1. The van der Waals surface area contributed by atoms with Gasteiger partial charge in [0.2, 0.25) is 5.91 Å². The van der Waals surface area contributed by atoms with Gasteiger partial charge in [0, 0.05) is 31.5 Å². The molecule has 1 aromatic heterocycles. The molecule has 2 heterocycles. The van der Waals surface area contributed by atoms with Crippen molar-refractivity contribution in [1.82, 2.24) is 4.98 Å². The maximum atomic E-state index is 14.6. The van der Waals surface area contributed by atoms with Crippen LogP contribution < -0.4 is 10.2 Å². The zero-order valence-corrected chi connectivity index (χ0v) is 17.4. The molecule has 0 spiro atoms. The average Bonchev–Trinajstić information content (AvgIpc) is 2.88. The standard InChI is InChI=1S/C22H25F4N3O/c1-13-9-17-18(10-16(23)20(27-17)28-19(30)11-21(2,3)4)29(13)12-14-5-7-15(8-6-14)22(24,25)26/h5-8,10,13H,9,11-12H2,1-4H3,(H,27,28,30)/t13-/m1/s1. The molecule has 8 heteroatoms. The summed E-state index contributed by atoms with van der Waals surface area (Å²) in [5.74, 6) is -1.03. The Kier molecular flexibility index (Phi) is 5.80. The van der Waals surface area contributed by atoms with Gasteiger partial charge in [-0.1, -0.05) is 32.9 Å². The molecule has 0 radical (unpaired) electrons. The van der Waals surface area contributed by atoms with Gasteiger partial charge in [0.15, 0.2) is 11.6 Å². The van der Waals surface area contributed by atoms with E-state index in [1.54, 1.807) is 0 Å². The molecule has 1 atom stereocenters. The van der Waals surface area contributed by atoms with Gasteiger partial charge in [0.05, 0.1) is 16.9 Å². The van der Waals surface area contributed by atoms with Crippen LogP contribution in [0.1, 0.15) is 50.9 Å². The minimum Gasteiger partial charge on any atom is -0.363 e. The molecular weight excluding hydrogens is 398 g/mol. The van der Waals surface area contributed by atoms with Crippen LogP contribution in [0.5, 0.6) is 0 Å². The second-order valence-corrected chi connectivity index (χ2v) is 8.95. The van der Waals surface area contributed by atoms with E-state index in [0.29, 0.717) is 29.9 Å². The first kappa shape index (κ1) is 22.1. The third-order valence-electron chi connectivity index (χ3n) is 4.95. The molecule has 1 aliphatic rings. The molecule has 0 saturated heterocycles. The molecule has 0 bridgehead atoms. The Hall–Kier alpha value is -2.64. The highest BCUT2D eigenvalue weighted by molar-refractivity contribution is 5.90. The lowest BCUT2D eigenvalue weighted by Gasteiger charge is -2.25. The van der Waals surface area contributed by atoms with Crippen molar-refractivity contribution in [2.45, 2.75) is 59.3 Å². The smallest absolute Gasteiger partial charge is 0.363 e. The molecule has 0 unspecified atom stereocenters. The van der Waals surface area contributed by atoms with E-state index in [9.17, 15) is 22.4 Å². The molecule has 30 heavy (non-hydrogen) atoms. The van der Waals surface area contributed by atoms with Crippen LogP contribution in [-0.4, -0.2) is 16.9 Å². The minimum atomic E-state index is -4.38. The number of alkyl halides is 3. The summed E-state index contributed by atoms with van der Waals surface area (Å²) < 4.78 is 52.9. The van der Waals surface area contributed by atoms with Gasteiger partial charge in [-0.05, 0) is 30.0 Å². The van der Waals surface area contributed by atoms with E-state index in [-0.39, 0.29) is 29.6 Å². The normalized spacial score (nSPS) is 16.5. The van der Waals surface area contributed by atoms with Crippen LogP contribution in [0, 0.1) is 11.2 Å². The number of fused-ring (bicyclic) bond motifs is 1. The Balaban J connectivity index is 1.78. The third-order valence-corrected chi connectivity index (χ3v) is 4.95. The van der Waals surface area contributed by atoms with Crippen LogP contribution >= 0.6 is 0 Å². The summed E-state index contributed by atoms with van der Waals surface area (Å²) in [5, 5.41) is 2.55. The van der Waals surface area contributed by atoms with Gasteiger partial charge in [-0.25, -0.2) is 9.37 Å². The number of carbonyl (C=O) groups excluding carboxylic acids is 1. The Labute approximate surface area is 173 Å². The zero-order valence-electron chi connectivity index (χ0n) is 17.4. The fraction of sp³-hybridized carbons (Fsp3) is 0.455. The number of amides is 1. The summed E-state index contributed by atoms with van der Waals surface area (Å²) in [7, 11) is 0. The number of rotatable bonds is 4. The van der Waals surface area contributed by atoms with Gasteiger partial charge < -0.3 is 10.2 Å². The number of anilines is 2. The van der Waals surface area contributed by atoms with E-state index in [4.69, 9.17) is 0 Å². The van der Waals surface area contributed by atoms with E-state index in [1.807, 2.05) is 32.6 Å². The largest absolute Gasteiger partial charge is 0.416 e. The van der Waals surface area contributed by atoms with Crippen molar-refractivity contribution >= 4 is 17.4 Å². The van der Waals surface area contributed by atoms with E-state index in [0.717, 1.165) is 12.1 Å². The number of halogens is 4. The first-order chi connectivity index (χ1) is 13.8. The van der Waals surface area contributed by atoms with Gasteiger partial charge in [-0.3, -0.25) is 4.79 Å². The lowest BCUT2D eigenvalue weighted by atomic mass is 9.92. The van der Waals surface area contributed by atoms with Gasteiger partial charge in [0.25, 0.3) is 0 Å². The highest BCUT2D eigenvalue weighted by Crippen LogP contribution is 2.35. The molecule has 2 aromatic rings.